The zero-order chi connectivity index (χ0) is 24.1. The molecular weight excluding hydrogens is 432 g/mol. The fourth-order valence-corrected chi connectivity index (χ4v) is 3.68. The van der Waals surface area contributed by atoms with Gasteiger partial charge in [-0.3, -0.25) is 4.79 Å². The van der Waals surface area contributed by atoms with Crippen LogP contribution in [0.2, 0.25) is 0 Å². The number of carboxylic acids is 1. The Hall–Kier alpha value is -4.00. The van der Waals surface area contributed by atoms with Gasteiger partial charge in [-0.25, -0.2) is 4.98 Å². The summed E-state index contributed by atoms with van der Waals surface area (Å²) in [7, 11) is 3.58. The van der Waals surface area contributed by atoms with Crippen LogP contribution in [0.25, 0.3) is 11.0 Å². The van der Waals surface area contributed by atoms with Crippen molar-refractivity contribution in [3.05, 3.63) is 83.2 Å². The van der Waals surface area contributed by atoms with E-state index in [1.54, 1.807) is 7.11 Å². The molecule has 0 spiro atoms. The Morgan fingerprint density at radius 2 is 1.74 bits per heavy atom. The van der Waals surface area contributed by atoms with Crippen molar-refractivity contribution in [2.24, 2.45) is 7.05 Å². The van der Waals surface area contributed by atoms with E-state index in [2.05, 4.69) is 4.98 Å². The Balaban J connectivity index is 1.51. The molecule has 3 aromatic carbocycles. The fraction of sp³-hybridized carbons (Fsp3) is 0.259. The summed E-state index contributed by atoms with van der Waals surface area (Å²) in [5.74, 6) is 1.95. The number of fused-ring (bicyclic) bond motifs is 1. The molecule has 0 bridgehead atoms. The summed E-state index contributed by atoms with van der Waals surface area (Å²) in [5, 5.41) is 9.10. The Morgan fingerprint density at radius 1 is 0.971 bits per heavy atom. The van der Waals surface area contributed by atoms with Gasteiger partial charge in [0.1, 0.15) is 36.3 Å². The molecule has 4 aromatic rings. The maximum Gasteiger partial charge on any atom is 0.303 e. The molecule has 0 amide bonds. The molecule has 34 heavy (non-hydrogen) atoms. The summed E-state index contributed by atoms with van der Waals surface area (Å²) in [6.45, 7) is 2.70. The van der Waals surface area contributed by atoms with Crippen LogP contribution < -0.4 is 14.2 Å². The van der Waals surface area contributed by atoms with Crippen LogP contribution in [-0.4, -0.2) is 27.7 Å². The predicted molar refractivity (Wildman–Crippen MR) is 130 cm³/mol. The third-order valence-electron chi connectivity index (χ3n) is 5.71. The zero-order valence-corrected chi connectivity index (χ0v) is 19.6. The first-order valence-electron chi connectivity index (χ1n) is 11.1. The van der Waals surface area contributed by atoms with Gasteiger partial charge < -0.3 is 23.9 Å². The molecular formula is C27H28N2O5. The molecule has 7 heteroatoms. The molecule has 0 radical (unpaired) electrons. The standard InChI is InChI=1S/C27H28N2O5/c1-18-4-6-19(7-5-18)16-34-25-15-22(10-8-20(25)9-13-27(30)31)33-17-26-28-23-12-11-21(32-3)14-24(23)29(26)2/h4-8,10-12,14-15H,9,13,16-17H2,1-3H3,(H,30,31). The van der Waals surface area contributed by atoms with E-state index in [-0.39, 0.29) is 13.0 Å². The molecule has 0 unspecified atom stereocenters. The molecule has 1 N–H and O–H groups in total. The molecule has 4 rings (SSSR count). The van der Waals surface area contributed by atoms with Gasteiger partial charge in [-0.15, -0.1) is 0 Å². The Morgan fingerprint density at radius 3 is 2.47 bits per heavy atom. The minimum atomic E-state index is -0.844. The molecule has 0 aliphatic heterocycles. The summed E-state index contributed by atoms with van der Waals surface area (Å²) in [6, 6.07) is 19.4. The summed E-state index contributed by atoms with van der Waals surface area (Å²) in [6.07, 6.45) is 0.413. The van der Waals surface area contributed by atoms with Crippen LogP contribution >= 0.6 is 0 Å². The molecule has 0 aliphatic carbocycles. The lowest BCUT2D eigenvalue weighted by molar-refractivity contribution is -0.136. The number of hydrogen-bond donors (Lipinski definition) is 1. The highest BCUT2D eigenvalue weighted by Crippen LogP contribution is 2.28. The first-order chi connectivity index (χ1) is 16.4. The first-order valence-corrected chi connectivity index (χ1v) is 11.1. The fourth-order valence-electron chi connectivity index (χ4n) is 3.68. The van der Waals surface area contributed by atoms with E-state index in [9.17, 15) is 4.79 Å². The van der Waals surface area contributed by atoms with Crippen molar-refractivity contribution in [2.75, 3.05) is 7.11 Å². The SMILES string of the molecule is COc1ccc2nc(COc3ccc(CCC(=O)O)c(OCc4ccc(C)cc4)c3)n(C)c2c1. The zero-order valence-electron chi connectivity index (χ0n) is 19.6. The second-order valence-electron chi connectivity index (χ2n) is 8.17. The van der Waals surface area contributed by atoms with E-state index in [1.807, 2.05) is 79.2 Å². The van der Waals surface area contributed by atoms with Crippen LogP contribution in [0.4, 0.5) is 0 Å². The van der Waals surface area contributed by atoms with Crippen molar-refractivity contribution in [3.63, 3.8) is 0 Å². The number of ether oxygens (including phenoxy) is 3. The smallest absolute Gasteiger partial charge is 0.303 e. The van der Waals surface area contributed by atoms with Gasteiger partial charge in [-0.2, -0.15) is 0 Å². The molecule has 0 aliphatic rings. The Kier molecular flexibility index (Phi) is 7.01. The molecule has 7 nitrogen and oxygen atoms in total. The monoisotopic (exact) mass is 460 g/mol. The summed E-state index contributed by atoms with van der Waals surface area (Å²) in [4.78, 5) is 15.7. The van der Waals surface area contributed by atoms with E-state index in [4.69, 9.17) is 19.3 Å². The van der Waals surface area contributed by atoms with E-state index >= 15 is 0 Å². The van der Waals surface area contributed by atoms with Crippen LogP contribution in [0.1, 0.15) is 28.9 Å². The van der Waals surface area contributed by atoms with Crippen molar-refractivity contribution in [1.82, 2.24) is 9.55 Å². The lowest BCUT2D eigenvalue weighted by Gasteiger charge is -2.14. The van der Waals surface area contributed by atoms with Gasteiger partial charge in [0.15, 0.2) is 0 Å². The molecule has 1 aromatic heterocycles. The number of imidazole rings is 1. The highest BCUT2D eigenvalue weighted by Gasteiger charge is 2.12. The van der Waals surface area contributed by atoms with Gasteiger partial charge in [-0.05, 0) is 42.7 Å². The number of rotatable bonds is 10. The lowest BCUT2D eigenvalue weighted by Crippen LogP contribution is -2.05. The predicted octanol–water partition coefficient (Wildman–Crippen LogP) is 5.07. The van der Waals surface area contributed by atoms with Gasteiger partial charge in [0.2, 0.25) is 0 Å². The molecule has 0 atom stereocenters. The number of methoxy groups -OCH3 is 1. The average molecular weight is 461 g/mol. The summed E-state index contributed by atoms with van der Waals surface area (Å²) in [5.41, 5.74) is 4.88. The van der Waals surface area contributed by atoms with E-state index in [0.717, 1.165) is 33.7 Å². The highest BCUT2D eigenvalue weighted by molar-refractivity contribution is 5.77. The van der Waals surface area contributed by atoms with Crippen LogP contribution in [0.15, 0.2) is 60.7 Å². The van der Waals surface area contributed by atoms with Gasteiger partial charge in [-0.1, -0.05) is 35.9 Å². The highest BCUT2D eigenvalue weighted by atomic mass is 16.5. The largest absolute Gasteiger partial charge is 0.497 e. The van der Waals surface area contributed by atoms with Crippen molar-refractivity contribution < 1.29 is 24.1 Å². The Labute approximate surface area is 198 Å². The maximum atomic E-state index is 11.1. The molecule has 0 saturated heterocycles. The van der Waals surface area contributed by atoms with E-state index in [1.165, 1.54) is 5.56 Å². The van der Waals surface area contributed by atoms with Crippen molar-refractivity contribution in [3.8, 4) is 17.2 Å². The Bertz CT molecular complexity index is 1290. The van der Waals surface area contributed by atoms with Gasteiger partial charge in [0.25, 0.3) is 0 Å². The molecule has 176 valence electrons. The number of aliphatic carboxylic acids is 1. The van der Waals surface area contributed by atoms with E-state index < -0.39 is 5.97 Å². The first kappa shape index (κ1) is 23.2. The number of hydrogen-bond acceptors (Lipinski definition) is 5. The summed E-state index contributed by atoms with van der Waals surface area (Å²) >= 11 is 0. The quantitative estimate of drug-likeness (QED) is 0.356. The van der Waals surface area contributed by atoms with Gasteiger partial charge >= 0.3 is 5.97 Å². The number of aromatic nitrogens is 2. The van der Waals surface area contributed by atoms with Crippen LogP contribution in [0.3, 0.4) is 0 Å². The number of carbonyl (C=O) groups is 1. The molecule has 1 heterocycles. The number of carboxylic acid groups (broad SMARTS) is 1. The average Bonchev–Trinajstić information content (AvgIpc) is 3.16. The molecule has 0 fully saturated rings. The van der Waals surface area contributed by atoms with Crippen LogP contribution in [-0.2, 0) is 31.5 Å². The third kappa shape index (κ3) is 5.49. The van der Waals surface area contributed by atoms with Gasteiger partial charge in [0, 0.05) is 25.6 Å². The van der Waals surface area contributed by atoms with Gasteiger partial charge in [0.05, 0.1) is 18.1 Å². The number of nitrogens with zero attached hydrogens (tertiary/aromatic N) is 2. The normalized spacial score (nSPS) is 10.9. The molecule has 0 saturated carbocycles. The van der Waals surface area contributed by atoms with Crippen molar-refractivity contribution in [1.29, 1.82) is 0 Å². The minimum Gasteiger partial charge on any atom is -0.497 e. The minimum absolute atomic E-state index is 0.0322. The van der Waals surface area contributed by atoms with Crippen molar-refractivity contribution >= 4 is 17.0 Å². The van der Waals surface area contributed by atoms with Crippen LogP contribution in [0, 0.1) is 6.92 Å². The topological polar surface area (TPSA) is 82.8 Å². The number of aryl methyl sites for hydroxylation is 3. The van der Waals surface area contributed by atoms with Crippen molar-refractivity contribution in [2.45, 2.75) is 33.0 Å². The second kappa shape index (κ2) is 10.3. The summed E-state index contributed by atoms with van der Waals surface area (Å²) < 4.78 is 19.4. The third-order valence-corrected chi connectivity index (χ3v) is 5.71. The second-order valence-corrected chi connectivity index (χ2v) is 8.17. The number of benzene rings is 3. The van der Waals surface area contributed by atoms with E-state index in [0.29, 0.717) is 24.5 Å². The van der Waals surface area contributed by atoms with Crippen LogP contribution in [0.5, 0.6) is 17.2 Å². The lowest BCUT2D eigenvalue weighted by atomic mass is 10.1. The maximum absolute atomic E-state index is 11.1.